The molecule has 4 heteroatoms. The monoisotopic (exact) mass is 261 g/mol. The van der Waals surface area contributed by atoms with Gasteiger partial charge in [0.2, 0.25) is 0 Å². The van der Waals surface area contributed by atoms with Crippen LogP contribution < -0.4 is 11.3 Å². The van der Waals surface area contributed by atoms with Crippen molar-refractivity contribution in [3.63, 3.8) is 0 Å². The molecule has 3 N–H and O–H groups in total. The Morgan fingerprint density at radius 3 is 2.50 bits per heavy atom. The molecule has 2 rings (SSSR count). The standard InChI is InChI=1S/C14H19N3S/c1-10-3-11(2)5-12(4-10)6-13(17-15)7-14-8-16-9-18-14/h3-5,8-9,13,17H,6-7,15H2,1-2H3. The van der Waals surface area contributed by atoms with Gasteiger partial charge >= 0.3 is 0 Å². The Balaban J connectivity index is 2.05. The first-order valence-corrected chi connectivity index (χ1v) is 6.96. The fraction of sp³-hybridized carbons (Fsp3) is 0.357. The van der Waals surface area contributed by atoms with Crippen LogP contribution >= 0.6 is 11.3 Å². The minimum Gasteiger partial charge on any atom is -0.271 e. The van der Waals surface area contributed by atoms with Gasteiger partial charge in [-0.05, 0) is 25.8 Å². The largest absolute Gasteiger partial charge is 0.271 e. The Morgan fingerprint density at radius 1 is 1.22 bits per heavy atom. The second-order valence-corrected chi connectivity index (χ2v) is 5.71. The van der Waals surface area contributed by atoms with Crippen LogP contribution in [0.25, 0.3) is 0 Å². The predicted octanol–water partition coefficient (Wildman–Crippen LogP) is 2.38. The third kappa shape index (κ3) is 3.63. The van der Waals surface area contributed by atoms with Gasteiger partial charge in [0.25, 0.3) is 0 Å². The van der Waals surface area contributed by atoms with Crippen molar-refractivity contribution in [3.8, 4) is 0 Å². The maximum atomic E-state index is 5.65. The Bertz CT molecular complexity index is 473. The molecule has 0 spiro atoms. The molecule has 18 heavy (non-hydrogen) atoms. The molecule has 1 heterocycles. The number of hydrogen-bond acceptors (Lipinski definition) is 4. The number of benzene rings is 1. The summed E-state index contributed by atoms with van der Waals surface area (Å²) in [7, 11) is 0. The van der Waals surface area contributed by atoms with Crippen molar-refractivity contribution >= 4 is 11.3 Å². The molecule has 96 valence electrons. The van der Waals surface area contributed by atoms with E-state index in [0.717, 1.165) is 12.8 Å². The molecule has 3 nitrogen and oxygen atoms in total. The van der Waals surface area contributed by atoms with E-state index in [1.54, 1.807) is 11.3 Å². The van der Waals surface area contributed by atoms with E-state index in [2.05, 4.69) is 42.5 Å². The lowest BCUT2D eigenvalue weighted by Gasteiger charge is -2.15. The van der Waals surface area contributed by atoms with E-state index in [-0.39, 0.29) is 6.04 Å². The zero-order valence-electron chi connectivity index (χ0n) is 10.8. The summed E-state index contributed by atoms with van der Waals surface area (Å²) in [6.07, 6.45) is 3.78. The van der Waals surface area contributed by atoms with Crippen molar-refractivity contribution in [1.29, 1.82) is 0 Å². The van der Waals surface area contributed by atoms with Crippen LogP contribution in [0.1, 0.15) is 21.6 Å². The van der Waals surface area contributed by atoms with Gasteiger partial charge in [0, 0.05) is 23.5 Å². The molecular weight excluding hydrogens is 242 g/mol. The average Bonchev–Trinajstić information content (AvgIpc) is 2.79. The van der Waals surface area contributed by atoms with Crippen LogP contribution in [0.5, 0.6) is 0 Å². The number of nitrogens with zero attached hydrogens (tertiary/aromatic N) is 1. The molecule has 0 radical (unpaired) electrons. The summed E-state index contributed by atoms with van der Waals surface area (Å²) in [5, 5.41) is 0. The molecule has 0 saturated carbocycles. The minimum absolute atomic E-state index is 0.256. The van der Waals surface area contributed by atoms with Crippen LogP contribution in [0, 0.1) is 13.8 Å². The van der Waals surface area contributed by atoms with Gasteiger partial charge in [0.15, 0.2) is 0 Å². The number of nitrogens with one attached hydrogen (secondary N) is 1. The summed E-state index contributed by atoms with van der Waals surface area (Å²) in [6, 6.07) is 6.90. The number of thiazole rings is 1. The first-order valence-electron chi connectivity index (χ1n) is 6.08. The first-order chi connectivity index (χ1) is 8.67. The third-order valence-corrected chi connectivity index (χ3v) is 3.73. The van der Waals surface area contributed by atoms with Gasteiger partial charge in [-0.3, -0.25) is 16.3 Å². The molecule has 0 saturated heterocycles. The van der Waals surface area contributed by atoms with Crippen molar-refractivity contribution in [2.45, 2.75) is 32.7 Å². The molecular formula is C14H19N3S. The highest BCUT2D eigenvalue weighted by Gasteiger charge is 2.10. The number of rotatable bonds is 5. The van der Waals surface area contributed by atoms with Crippen molar-refractivity contribution in [1.82, 2.24) is 10.4 Å². The molecule has 0 amide bonds. The SMILES string of the molecule is Cc1cc(C)cc(CC(Cc2cncs2)NN)c1. The van der Waals surface area contributed by atoms with E-state index in [9.17, 15) is 0 Å². The molecule has 2 aromatic rings. The molecule has 1 atom stereocenters. The molecule has 1 aromatic carbocycles. The van der Waals surface area contributed by atoms with Crippen LogP contribution in [0.3, 0.4) is 0 Å². The average molecular weight is 261 g/mol. The molecule has 1 unspecified atom stereocenters. The van der Waals surface area contributed by atoms with Gasteiger partial charge in [-0.1, -0.05) is 29.3 Å². The predicted molar refractivity (Wildman–Crippen MR) is 76.5 cm³/mol. The molecule has 0 aliphatic carbocycles. The lowest BCUT2D eigenvalue weighted by molar-refractivity contribution is 0.525. The van der Waals surface area contributed by atoms with Crippen molar-refractivity contribution < 1.29 is 0 Å². The number of aromatic nitrogens is 1. The number of hydrazine groups is 1. The van der Waals surface area contributed by atoms with Crippen molar-refractivity contribution in [3.05, 3.63) is 51.5 Å². The zero-order valence-corrected chi connectivity index (χ0v) is 11.6. The van der Waals surface area contributed by atoms with E-state index < -0.39 is 0 Å². The van der Waals surface area contributed by atoms with Crippen LogP contribution in [-0.2, 0) is 12.8 Å². The Labute approximate surface area is 112 Å². The Kier molecular flexibility index (Phi) is 4.47. The van der Waals surface area contributed by atoms with Crippen molar-refractivity contribution in [2.75, 3.05) is 0 Å². The van der Waals surface area contributed by atoms with E-state index >= 15 is 0 Å². The second-order valence-electron chi connectivity index (χ2n) is 4.74. The fourth-order valence-corrected chi connectivity index (χ4v) is 2.92. The van der Waals surface area contributed by atoms with E-state index in [1.165, 1.54) is 21.6 Å². The van der Waals surface area contributed by atoms with E-state index in [1.807, 2.05) is 11.7 Å². The maximum absolute atomic E-state index is 5.65. The number of nitrogens with two attached hydrogens (primary N) is 1. The van der Waals surface area contributed by atoms with Crippen LogP contribution in [0.4, 0.5) is 0 Å². The highest BCUT2D eigenvalue weighted by Crippen LogP contribution is 2.14. The quantitative estimate of drug-likeness (QED) is 0.642. The van der Waals surface area contributed by atoms with E-state index in [0.29, 0.717) is 0 Å². The van der Waals surface area contributed by atoms with Gasteiger partial charge in [0.1, 0.15) is 0 Å². The lowest BCUT2D eigenvalue weighted by Crippen LogP contribution is -2.38. The normalized spacial score (nSPS) is 12.6. The van der Waals surface area contributed by atoms with Gasteiger partial charge < -0.3 is 0 Å². The molecule has 1 aromatic heterocycles. The summed E-state index contributed by atoms with van der Waals surface area (Å²) < 4.78 is 0. The second kappa shape index (κ2) is 6.09. The fourth-order valence-electron chi connectivity index (χ4n) is 2.25. The minimum atomic E-state index is 0.256. The lowest BCUT2D eigenvalue weighted by atomic mass is 9.99. The van der Waals surface area contributed by atoms with Gasteiger partial charge in [-0.25, -0.2) is 0 Å². The van der Waals surface area contributed by atoms with Crippen LogP contribution in [-0.4, -0.2) is 11.0 Å². The van der Waals surface area contributed by atoms with Gasteiger partial charge in [0.05, 0.1) is 5.51 Å². The highest BCUT2D eigenvalue weighted by atomic mass is 32.1. The first kappa shape index (κ1) is 13.2. The maximum Gasteiger partial charge on any atom is 0.0794 e. The van der Waals surface area contributed by atoms with Crippen molar-refractivity contribution in [2.24, 2.45) is 5.84 Å². The molecule has 0 bridgehead atoms. The summed E-state index contributed by atoms with van der Waals surface area (Å²) in [4.78, 5) is 5.36. The molecule has 0 fully saturated rings. The smallest absolute Gasteiger partial charge is 0.0794 e. The highest BCUT2D eigenvalue weighted by molar-refractivity contribution is 7.09. The third-order valence-electron chi connectivity index (χ3n) is 2.93. The summed E-state index contributed by atoms with van der Waals surface area (Å²) in [5.74, 6) is 5.65. The van der Waals surface area contributed by atoms with Gasteiger partial charge in [-0.15, -0.1) is 11.3 Å². The Morgan fingerprint density at radius 2 is 1.94 bits per heavy atom. The molecule has 0 aliphatic rings. The van der Waals surface area contributed by atoms with E-state index in [4.69, 9.17) is 5.84 Å². The summed E-state index contributed by atoms with van der Waals surface area (Å²) in [6.45, 7) is 4.26. The summed E-state index contributed by atoms with van der Waals surface area (Å²) >= 11 is 1.68. The van der Waals surface area contributed by atoms with Crippen LogP contribution in [0.15, 0.2) is 29.9 Å². The molecule has 0 aliphatic heterocycles. The van der Waals surface area contributed by atoms with Gasteiger partial charge in [-0.2, -0.15) is 0 Å². The topological polar surface area (TPSA) is 50.9 Å². The zero-order chi connectivity index (χ0) is 13.0. The number of hydrogen-bond donors (Lipinski definition) is 2. The Hall–Kier alpha value is -1.23. The summed E-state index contributed by atoms with van der Waals surface area (Å²) in [5.41, 5.74) is 8.71. The van der Waals surface area contributed by atoms with Crippen LogP contribution in [0.2, 0.25) is 0 Å². The number of aryl methyl sites for hydroxylation is 2.